The van der Waals surface area contributed by atoms with E-state index in [1.807, 2.05) is 55.5 Å². The summed E-state index contributed by atoms with van der Waals surface area (Å²) in [6, 6.07) is 15.6. The predicted octanol–water partition coefficient (Wildman–Crippen LogP) is 3.88. The number of aromatic nitrogens is 1. The van der Waals surface area contributed by atoms with Crippen LogP contribution in [0.5, 0.6) is 5.75 Å². The summed E-state index contributed by atoms with van der Waals surface area (Å²) in [4.78, 5) is 4.57. The molecule has 3 rings (SSSR count). The number of aryl methyl sites for hydroxylation is 1. The normalized spacial score (nSPS) is 10.6. The molecular formula is C17H17N3O. The number of hydrogen-bond donors (Lipinski definition) is 2. The number of anilines is 3. The maximum atomic E-state index is 6.00. The molecule has 4 heteroatoms. The molecule has 3 N–H and O–H groups in total. The summed E-state index contributed by atoms with van der Waals surface area (Å²) in [6.07, 6.45) is 0. The third-order valence-electron chi connectivity index (χ3n) is 3.38. The van der Waals surface area contributed by atoms with Crippen molar-refractivity contribution < 1.29 is 4.74 Å². The van der Waals surface area contributed by atoms with Crippen molar-refractivity contribution in [2.45, 2.75) is 6.92 Å². The van der Waals surface area contributed by atoms with E-state index in [9.17, 15) is 0 Å². The fourth-order valence-corrected chi connectivity index (χ4v) is 2.37. The Labute approximate surface area is 123 Å². The van der Waals surface area contributed by atoms with Crippen LogP contribution in [0.2, 0.25) is 0 Å². The van der Waals surface area contributed by atoms with Crippen molar-refractivity contribution >= 4 is 28.0 Å². The van der Waals surface area contributed by atoms with E-state index in [1.54, 1.807) is 7.11 Å². The minimum Gasteiger partial charge on any atom is -0.494 e. The van der Waals surface area contributed by atoms with Gasteiger partial charge in [0.25, 0.3) is 0 Å². The molecule has 0 spiro atoms. The summed E-state index contributed by atoms with van der Waals surface area (Å²) >= 11 is 0. The van der Waals surface area contributed by atoms with E-state index in [0.717, 1.165) is 33.7 Å². The number of rotatable bonds is 3. The zero-order valence-corrected chi connectivity index (χ0v) is 12.1. The van der Waals surface area contributed by atoms with Gasteiger partial charge in [-0.25, -0.2) is 4.98 Å². The lowest BCUT2D eigenvalue weighted by Crippen LogP contribution is -1.99. The van der Waals surface area contributed by atoms with Gasteiger partial charge >= 0.3 is 0 Å². The Kier molecular flexibility index (Phi) is 3.36. The van der Waals surface area contributed by atoms with Crippen molar-refractivity contribution in [3.8, 4) is 5.75 Å². The van der Waals surface area contributed by atoms with Gasteiger partial charge in [-0.05, 0) is 31.2 Å². The van der Waals surface area contributed by atoms with E-state index >= 15 is 0 Å². The maximum absolute atomic E-state index is 6.00. The van der Waals surface area contributed by atoms with Crippen LogP contribution in [-0.2, 0) is 0 Å². The van der Waals surface area contributed by atoms with Gasteiger partial charge in [0.05, 0.1) is 18.5 Å². The summed E-state index contributed by atoms with van der Waals surface area (Å²) in [5.41, 5.74) is 10.3. The second-order valence-corrected chi connectivity index (χ2v) is 4.88. The number of fused-ring (bicyclic) bond motifs is 1. The van der Waals surface area contributed by atoms with Gasteiger partial charge in [-0.1, -0.05) is 24.3 Å². The minimum atomic E-state index is 0.711. The Morgan fingerprint density at radius 3 is 2.62 bits per heavy atom. The highest BCUT2D eigenvalue weighted by Crippen LogP contribution is 2.32. The van der Waals surface area contributed by atoms with Crippen LogP contribution in [0.15, 0.2) is 48.5 Å². The van der Waals surface area contributed by atoms with E-state index in [1.165, 1.54) is 0 Å². The summed E-state index contributed by atoms with van der Waals surface area (Å²) in [5, 5.41) is 4.39. The Hall–Kier alpha value is -2.75. The number of nitrogens with zero attached hydrogens (tertiary/aromatic N) is 1. The van der Waals surface area contributed by atoms with E-state index < -0.39 is 0 Å². The third-order valence-corrected chi connectivity index (χ3v) is 3.38. The molecule has 3 aromatic rings. The number of nitrogens with two attached hydrogens (primary N) is 1. The number of pyridine rings is 1. The molecule has 0 saturated carbocycles. The SMILES string of the molecule is COc1cccc2c(Nc3ccccc3N)cc(C)nc12. The minimum absolute atomic E-state index is 0.711. The zero-order valence-electron chi connectivity index (χ0n) is 12.1. The molecule has 1 heterocycles. The number of ether oxygens (including phenoxy) is 1. The van der Waals surface area contributed by atoms with Crippen LogP contribution < -0.4 is 15.8 Å². The van der Waals surface area contributed by atoms with Crippen molar-refractivity contribution in [1.29, 1.82) is 0 Å². The van der Waals surface area contributed by atoms with Gasteiger partial charge in [0, 0.05) is 16.8 Å². The molecule has 1 aromatic heterocycles. The fourth-order valence-electron chi connectivity index (χ4n) is 2.37. The van der Waals surface area contributed by atoms with Crippen molar-refractivity contribution in [3.63, 3.8) is 0 Å². The van der Waals surface area contributed by atoms with E-state index in [2.05, 4.69) is 10.3 Å². The third kappa shape index (κ3) is 2.48. The highest BCUT2D eigenvalue weighted by molar-refractivity contribution is 5.97. The first-order valence-electron chi connectivity index (χ1n) is 6.75. The molecule has 21 heavy (non-hydrogen) atoms. The molecule has 2 aromatic carbocycles. The van der Waals surface area contributed by atoms with Crippen molar-refractivity contribution in [1.82, 2.24) is 4.98 Å². The Morgan fingerprint density at radius 1 is 1.05 bits per heavy atom. The molecular weight excluding hydrogens is 262 g/mol. The largest absolute Gasteiger partial charge is 0.494 e. The molecule has 0 aliphatic heterocycles. The molecule has 0 radical (unpaired) electrons. The van der Waals surface area contributed by atoms with Gasteiger partial charge in [0.15, 0.2) is 0 Å². The smallest absolute Gasteiger partial charge is 0.145 e. The molecule has 4 nitrogen and oxygen atoms in total. The predicted molar refractivity (Wildman–Crippen MR) is 87.2 cm³/mol. The average molecular weight is 279 g/mol. The Morgan fingerprint density at radius 2 is 1.86 bits per heavy atom. The molecule has 0 atom stereocenters. The van der Waals surface area contributed by atoms with Crippen LogP contribution in [0, 0.1) is 6.92 Å². The number of para-hydroxylation sites is 3. The van der Waals surface area contributed by atoms with Gasteiger partial charge in [0.1, 0.15) is 11.3 Å². The van der Waals surface area contributed by atoms with Crippen LogP contribution >= 0.6 is 0 Å². The molecule has 0 bridgehead atoms. The zero-order chi connectivity index (χ0) is 14.8. The van der Waals surface area contributed by atoms with E-state index in [-0.39, 0.29) is 0 Å². The fraction of sp³-hybridized carbons (Fsp3) is 0.118. The number of methoxy groups -OCH3 is 1. The number of nitrogens with one attached hydrogen (secondary N) is 1. The van der Waals surface area contributed by atoms with Crippen molar-refractivity contribution in [3.05, 3.63) is 54.2 Å². The maximum Gasteiger partial charge on any atom is 0.145 e. The van der Waals surface area contributed by atoms with Crippen molar-refractivity contribution in [2.24, 2.45) is 0 Å². The lowest BCUT2D eigenvalue weighted by molar-refractivity contribution is 0.419. The van der Waals surface area contributed by atoms with E-state index in [4.69, 9.17) is 10.5 Å². The summed E-state index contributed by atoms with van der Waals surface area (Å²) in [6.45, 7) is 1.96. The summed E-state index contributed by atoms with van der Waals surface area (Å²) < 4.78 is 5.40. The highest BCUT2D eigenvalue weighted by atomic mass is 16.5. The van der Waals surface area contributed by atoms with Crippen molar-refractivity contribution in [2.75, 3.05) is 18.2 Å². The number of nitrogen functional groups attached to an aromatic ring is 1. The van der Waals surface area contributed by atoms with Crippen LogP contribution in [-0.4, -0.2) is 12.1 Å². The molecule has 0 unspecified atom stereocenters. The summed E-state index contributed by atoms with van der Waals surface area (Å²) in [5.74, 6) is 0.764. The summed E-state index contributed by atoms with van der Waals surface area (Å²) in [7, 11) is 1.65. The average Bonchev–Trinajstić information content (AvgIpc) is 2.49. The van der Waals surface area contributed by atoms with Crippen LogP contribution in [0.3, 0.4) is 0 Å². The van der Waals surface area contributed by atoms with Gasteiger partial charge in [-0.3, -0.25) is 0 Å². The Bertz CT molecular complexity index is 799. The van der Waals surface area contributed by atoms with Crippen LogP contribution in [0.25, 0.3) is 10.9 Å². The number of hydrogen-bond acceptors (Lipinski definition) is 4. The lowest BCUT2D eigenvalue weighted by Gasteiger charge is -2.14. The number of benzene rings is 2. The topological polar surface area (TPSA) is 60.2 Å². The van der Waals surface area contributed by atoms with Gasteiger partial charge in [0.2, 0.25) is 0 Å². The van der Waals surface area contributed by atoms with Gasteiger partial charge in [-0.2, -0.15) is 0 Å². The molecule has 106 valence electrons. The lowest BCUT2D eigenvalue weighted by atomic mass is 10.1. The molecule has 0 aliphatic carbocycles. The molecule has 0 amide bonds. The van der Waals surface area contributed by atoms with E-state index in [0.29, 0.717) is 5.69 Å². The standard InChI is InChI=1S/C17H17N3O/c1-11-10-15(20-14-8-4-3-7-13(14)18)12-6-5-9-16(21-2)17(12)19-11/h3-10H,18H2,1-2H3,(H,19,20). The quantitative estimate of drug-likeness (QED) is 0.714. The molecule has 0 saturated heterocycles. The Balaban J connectivity index is 2.16. The second-order valence-electron chi connectivity index (χ2n) is 4.88. The van der Waals surface area contributed by atoms with Gasteiger partial charge in [-0.15, -0.1) is 0 Å². The first-order valence-corrected chi connectivity index (χ1v) is 6.75. The monoisotopic (exact) mass is 279 g/mol. The van der Waals surface area contributed by atoms with Crippen LogP contribution in [0.4, 0.5) is 17.1 Å². The first-order chi connectivity index (χ1) is 10.2. The van der Waals surface area contributed by atoms with Gasteiger partial charge < -0.3 is 15.8 Å². The molecule has 0 aliphatic rings. The first kappa shape index (κ1) is 13.2. The molecule has 0 fully saturated rings. The second kappa shape index (κ2) is 5.32. The highest BCUT2D eigenvalue weighted by Gasteiger charge is 2.09. The van der Waals surface area contributed by atoms with Crippen LogP contribution in [0.1, 0.15) is 5.69 Å².